The summed E-state index contributed by atoms with van der Waals surface area (Å²) in [6, 6.07) is 3.06. The standard InChI is InChI=1S/C27H34N8O6/c1-27(2,3)41-26(39)35(14-17-5-6-17)21-13-18(7-8-28-21)24-30-20(16-40-24)23(37)29-19-15-32(4)31-22(19)34-10-9-33(11-12-36)25(34)38/h7-8,13,15-17,36H,5-6,9-12,14H2,1-4H3,(H,29,37). The maximum atomic E-state index is 13.1. The molecule has 4 heterocycles. The summed E-state index contributed by atoms with van der Waals surface area (Å²) in [5.41, 5.74) is 0.230. The molecule has 3 aromatic heterocycles. The van der Waals surface area contributed by atoms with E-state index in [2.05, 4.69) is 20.4 Å². The van der Waals surface area contributed by atoms with E-state index in [0.717, 1.165) is 12.8 Å². The number of β-amino-alcohol motifs (C(OH)–C–C–N with tert-alkyl or cyclic N) is 1. The number of carbonyl (C=O) groups excluding carboxylic acids is 3. The molecule has 3 aromatic rings. The summed E-state index contributed by atoms with van der Waals surface area (Å²) in [4.78, 5) is 52.0. The minimum absolute atomic E-state index is 0.0183. The van der Waals surface area contributed by atoms with Crippen molar-refractivity contribution >= 4 is 35.4 Å². The fraction of sp³-hybridized carbons (Fsp3) is 0.481. The first kappa shape index (κ1) is 28.1. The molecule has 2 N–H and O–H groups in total. The number of aliphatic hydroxyl groups is 1. The van der Waals surface area contributed by atoms with Gasteiger partial charge in [-0.3, -0.25) is 19.3 Å². The quantitative estimate of drug-likeness (QED) is 0.397. The Bertz CT molecular complexity index is 1440. The number of ether oxygens (including phenoxy) is 1. The van der Waals surface area contributed by atoms with Crippen LogP contribution in [0.2, 0.25) is 0 Å². The first-order chi connectivity index (χ1) is 19.5. The number of amides is 4. The van der Waals surface area contributed by atoms with Crippen LogP contribution in [0.4, 0.5) is 26.9 Å². The molecular weight excluding hydrogens is 532 g/mol. The number of rotatable bonds is 9. The molecule has 4 amide bonds. The van der Waals surface area contributed by atoms with E-state index < -0.39 is 17.6 Å². The van der Waals surface area contributed by atoms with Crippen molar-refractivity contribution in [2.75, 3.05) is 47.9 Å². The first-order valence-electron chi connectivity index (χ1n) is 13.5. The van der Waals surface area contributed by atoms with Gasteiger partial charge in [-0.25, -0.2) is 19.6 Å². The number of pyridine rings is 1. The second kappa shape index (κ2) is 11.2. The Hall–Kier alpha value is -4.46. The van der Waals surface area contributed by atoms with E-state index in [1.807, 2.05) is 20.8 Å². The molecule has 0 radical (unpaired) electrons. The SMILES string of the molecule is Cn1cc(NC(=O)c2coc(-c3ccnc(N(CC4CC4)C(=O)OC(C)(C)C)c3)n2)c(N2CCN(CCO)C2=O)n1. The number of hydrogen-bond acceptors (Lipinski definition) is 9. The third kappa shape index (κ3) is 6.48. The summed E-state index contributed by atoms with van der Waals surface area (Å²) < 4.78 is 12.7. The molecule has 14 heteroatoms. The van der Waals surface area contributed by atoms with E-state index in [4.69, 9.17) is 9.15 Å². The molecule has 1 saturated heterocycles. The number of nitrogens with one attached hydrogen (secondary N) is 1. The van der Waals surface area contributed by atoms with Gasteiger partial charge in [-0.2, -0.15) is 5.10 Å². The van der Waals surface area contributed by atoms with E-state index in [1.54, 1.807) is 31.6 Å². The highest BCUT2D eigenvalue weighted by Gasteiger charge is 2.34. The molecular formula is C27H34N8O6. The van der Waals surface area contributed by atoms with Gasteiger partial charge in [0.2, 0.25) is 5.89 Å². The molecule has 1 aliphatic carbocycles. The van der Waals surface area contributed by atoms with Crippen LogP contribution in [-0.4, -0.2) is 86.2 Å². The predicted molar refractivity (Wildman–Crippen MR) is 149 cm³/mol. The van der Waals surface area contributed by atoms with Crippen molar-refractivity contribution in [1.29, 1.82) is 0 Å². The maximum absolute atomic E-state index is 13.1. The van der Waals surface area contributed by atoms with E-state index in [9.17, 15) is 19.5 Å². The van der Waals surface area contributed by atoms with Crippen molar-refractivity contribution in [3.8, 4) is 11.5 Å². The van der Waals surface area contributed by atoms with Gasteiger partial charge in [0.1, 0.15) is 23.4 Å². The van der Waals surface area contributed by atoms with Crippen LogP contribution in [0.15, 0.2) is 35.2 Å². The van der Waals surface area contributed by atoms with Crippen molar-refractivity contribution in [1.82, 2.24) is 24.6 Å². The highest BCUT2D eigenvalue weighted by molar-refractivity contribution is 6.06. The monoisotopic (exact) mass is 566 g/mol. The molecule has 0 spiro atoms. The van der Waals surface area contributed by atoms with Gasteiger partial charge in [0.15, 0.2) is 11.5 Å². The number of aromatic nitrogens is 4. The molecule has 218 valence electrons. The van der Waals surface area contributed by atoms with Gasteiger partial charge in [0.05, 0.1) is 12.8 Å². The fourth-order valence-electron chi connectivity index (χ4n) is 4.40. The van der Waals surface area contributed by atoms with Crippen molar-refractivity contribution in [2.45, 2.75) is 39.2 Å². The van der Waals surface area contributed by atoms with Crippen molar-refractivity contribution in [3.05, 3.63) is 36.5 Å². The molecule has 2 fully saturated rings. The van der Waals surface area contributed by atoms with Crippen molar-refractivity contribution in [3.63, 3.8) is 0 Å². The minimum atomic E-state index is -0.656. The zero-order valence-corrected chi connectivity index (χ0v) is 23.5. The summed E-state index contributed by atoms with van der Waals surface area (Å²) in [6.45, 7) is 6.83. The van der Waals surface area contributed by atoms with Gasteiger partial charge in [-0.05, 0) is 51.7 Å². The molecule has 5 rings (SSSR count). The van der Waals surface area contributed by atoms with Gasteiger partial charge in [-0.15, -0.1) is 0 Å². The minimum Gasteiger partial charge on any atom is -0.444 e. The van der Waals surface area contributed by atoms with E-state index in [-0.39, 0.29) is 30.8 Å². The molecule has 41 heavy (non-hydrogen) atoms. The molecule has 0 unspecified atom stereocenters. The molecule has 1 saturated carbocycles. The average Bonchev–Trinajstić information content (AvgIpc) is 3.28. The van der Waals surface area contributed by atoms with Crippen molar-refractivity contribution < 1.29 is 28.6 Å². The Morgan fingerprint density at radius 2 is 2.05 bits per heavy atom. The summed E-state index contributed by atoms with van der Waals surface area (Å²) in [7, 11) is 1.68. The first-order valence-corrected chi connectivity index (χ1v) is 13.5. The molecule has 14 nitrogen and oxygen atoms in total. The number of oxazole rings is 1. The lowest BCUT2D eigenvalue weighted by Crippen LogP contribution is -2.38. The van der Waals surface area contributed by atoms with Crippen molar-refractivity contribution in [2.24, 2.45) is 13.0 Å². The van der Waals surface area contributed by atoms with Gasteiger partial charge in [-0.1, -0.05) is 0 Å². The lowest BCUT2D eigenvalue weighted by Gasteiger charge is -2.27. The number of carbonyl (C=O) groups is 3. The average molecular weight is 567 g/mol. The Morgan fingerprint density at radius 1 is 1.27 bits per heavy atom. The number of aryl methyl sites for hydroxylation is 1. The molecule has 2 aliphatic rings. The normalized spacial score (nSPS) is 15.4. The summed E-state index contributed by atoms with van der Waals surface area (Å²) >= 11 is 0. The fourth-order valence-corrected chi connectivity index (χ4v) is 4.40. The van der Waals surface area contributed by atoms with E-state index in [0.29, 0.717) is 48.4 Å². The van der Waals surface area contributed by atoms with Crippen LogP contribution < -0.4 is 15.1 Å². The topological polar surface area (TPSA) is 159 Å². The third-order valence-electron chi connectivity index (χ3n) is 6.54. The number of hydrogen-bond donors (Lipinski definition) is 2. The zero-order valence-electron chi connectivity index (χ0n) is 23.5. The third-order valence-corrected chi connectivity index (χ3v) is 6.54. The van der Waals surface area contributed by atoms with Crippen LogP contribution >= 0.6 is 0 Å². The Balaban J connectivity index is 1.32. The second-order valence-corrected chi connectivity index (χ2v) is 11.1. The summed E-state index contributed by atoms with van der Waals surface area (Å²) in [6.07, 6.45) is 5.99. The largest absolute Gasteiger partial charge is 0.444 e. The smallest absolute Gasteiger partial charge is 0.416 e. The number of urea groups is 1. The van der Waals surface area contributed by atoms with Crippen LogP contribution in [0.25, 0.3) is 11.5 Å². The molecule has 1 aliphatic heterocycles. The maximum Gasteiger partial charge on any atom is 0.416 e. The summed E-state index contributed by atoms with van der Waals surface area (Å²) in [5, 5.41) is 16.3. The predicted octanol–water partition coefficient (Wildman–Crippen LogP) is 3.11. The molecule has 0 atom stereocenters. The number of aliphatic hydroxyl groups excluding tert-OH is 1. The second-order valence-electron chi connectivity index (χ2n) is 11.1. The van der Waals surface area contributed by atoms with Crippen LogP contribution in [0.1, 0.15) is 44.1 Å². The highest BCUT2D eigenvalue weighted by Crippen LogP contribution is 2.33. The lowest BCUT2D eigenvalue weighted by atomic mass is 10.2. The Morgan fingerprint density at radius 3 is 2.76 bits per heavy atom. The van der Waals surface area contributed by atoms with E-state index >= 15 is 0 Å². The van der Waals surface area contributed by atoms with Crippen LogP contribution in [0.5, 0.6) is 0 Å². The van der Waals surface area contributed by atoms with Gasteiger partial charge in [0.25, 0.3) is 5.91 Å². The highest BCUT2D eigenvalue weighted by atomic mass is 16.6. The number of anilines is 3. The molecule has 0 aromatic carbocycles. The lowest BCUT2D eigenvalue weighted by molar-refractivity contribution is 0.0577. The number of nitrogens with zero attached hydrogens (tertiary/aromatic N) is 7. The molecule has 0 bridgehead atoms. The van der Waals surface area contributed by atoms with Gasteiger partial charge >= 0.3 is 12.1 Å². The van der Waals surface area contributed by atoms with Gasteiger partial charge in [0, 0.05) is 45.0 Å². The summed E-state index contributed by atoms with van der Waals surface area (Å²) in [5.74, 6) is 0.725. The van der Waals surface area contributed by atoms with Crippen LogP contribution in [-0.2, 0) is 11.8 Å². The Kier molecular flexibility index (Phi) is 7.67. The Labute approximate surface area is 236 Å². The van der Waals surface area contributed by atoms with Gasteiger partial charge < -0.3 is 24.5 Å². The van der Waals surface area contributed by atoms with Crippen LogP contribution in [0, 0.1) is 5.92 Å². The van der Waals surface area contributed by atoms with Crippen LogP contribution in [0.3, 0.4) is 0 Å². The van der Waals surface area contributed by atoms with E-state index in [1.165, 1.54) is 25.6 Å². The zero-order chi connectivity index (χ0) is 29.3.